The van der Waals surface area contributed by atoms with Gasteiger partial charge >= 0.3 is 0 Å². The van der Waals surface area contributed by atoms with E-state index in [-0.39, 0.29) is 0 Å². The number of pyridine rings is 1. The molecule has 0 aliphatic rings. The average Bonchev–Trinajstić information content (AvgIpc) is 3.46. The van der Waals surface area contributed by atoms with Crippen molar-refractivity contribution in [3.63, 3.8) is 0 Å². The SMILES string of the molecule is Cc1c(C(C=O)c2ncc(-c3ccccn3)o2)c2ccccc2n1OCCc1ccc(Br)cc1. The molecule has 0 saturated carbocycles. The number of oxazole rings is 1. The normalized spacial score (nSPS) is 12.1. The second-order valence-corrected chi connectivity index (χ2v) is 8.83. The van der Waals surface area contributed by atoms with Crippen LogP contribution in [0, 0.1) is 6.92 Å². The minimum absolute atomic E-state index is 0.330. The lowest BCUT2D eigenvalue weighted by atomic mass is 9.97. The molecule has 0 N–H and O–H groups in total. The van der Waals surface area contributed by atoms with Gasteiger partial charge in [-0.15, -0.1) is 0 Å². The van der Waals surface area contributed by atoms with Crippen molar-refractivity contribution in [3.05, 3.63) is 106 Å². The lowest BCUT2D eigenvalue weighted by Gasteiger charge is -2.12. The number of fused-ring (bicyclic) bond motifs is 1. The van der Waals surface area contributed by atoms with Gasteiger partial charge in [-0.1, -0.05) is 52.3 Å². The predicted octanol–water partition coefficient (Wildman–Crippen LogP) is 5.76. The van der Waals surface area contributed by atoms with Crippen LogP contribution < -0.4 is 4.84 Å². The number of rotatable bonds is 8. The van der Waals surface area contributed by atoms with Gasteiger partial charge in [-0.25, -0.2) is 4.98 Å². The maximum Gasteiger partial charge on any atom is 0.209 e. The number of para-hydroxylation sites is 1. The molecule has 0 radical (unpaired) electrons. The van der Waals surface area contributed by atoms with Gasteiger partial charge in [0.25, 0.3) is 0 Å². The minimum atomic E-state index is -0.668. The molecule has 5 rings (SSSR count). The maximum atomic E-state index is 12.3. The number of hydrogen-bond acceptors (Lipinski definition) is 5. The number of nitrogens with zero attached hydrogens (tertiary/aromatic N) is 3. The Labute approximate surface area is 205 Å². The molecular weight excluding hydrogens is 494 g/mol. The lowest BCUT2D eigenvalue weighted by molar-refractivity contribution is -0.108. The minimum Gasteiger partial charge on any atom is -0.438 e. The van der Waals surface area contributed by atoms with Gasteiger partial charge in [0.2, 0.25) is 5.89 Å². The fourth-order valence-corrected chi connectivity index (χ4v) is 4.40. The number of benzene rings is 2. The number of aldehydes is 1. The van der Waals surface area contributed by atoms with Gasteiger partial charge in [0, 0.05) is 28.0 Å². The first-order chi connectivity index (χ1) is 16.7. The zero-order valence-electron chi connectivity index (χ0n) is 18.5. The van der Waals surface area contributed by atoms with Crippen molar-refractivity contribution in [2.24, 2.45) is 0 Å². The number of hydrogen-bond donors (Lipinski definition) is 0. The number of halogens is 1. The quantitative estimate of drug-likeness (QED) is 0.245. The molecule has 0 bridgehead atoms. The standard InChI is InChI=1S/C27H22BrN3O3/c1-18-26(22(17-32)27-30-16-25(34-27)23-7-4-5-14-29-23)21-6-2-3-8-24(21)31(18)33-15-13-19-9-11-20(28)12-10-19/h2-12,14,16-17,22H,13,15H2,1H3. The van der Waals surface area contributed by atoms with E-state index in [1.165, 1.54) is 5.56 Å². The Morgan fingerprint density at radius 3 is 2.62 bits per heavy atom. The lowest BCUT2D eigenvalue weighted by Crippen LogP contribution is -2.16. The average molecular weight is 516 g/mol. The molecular formula is C27H22BrN3O3. The van der Waals surface area contributed by atoms with E-state index in [9.17, 15) is 4.79 Å². The Hall–Kier alpha value is -3.71. The molecule has 2 aromatic carbocycles. The summed E-state index contributed by atoms with van der Waals surface area (Å²) < 4.78 is 8.84. The molecule has 5 aromatic rings. The molecule has 0 fully saturated rings. The second-order valence-electron chi connectivity index (χ2n) is 7.91. The van der Waals surface area contributed by atoms with Gasteiger partial charge in [-0.3, -0.25) is 4.98 Å². The van der Waals surface area contributed by atoms with E-state index in [1.54, 1.807) is 12.4 Å². The van der Waals surface area contributed by atoms with Gasteiger partial charge in [0.1, 0.15) is 24.5 Å². The third-order valence-corrected chi connectivity index (χ3v) is 6.31. The van der Waals surface area contributed by atoms with Crippen LogP contribution in [0.25, 0.3) is 22.4 Å². The zero-order chi connectivity index (χ0) is 23.5. The van der Waals surface area contributed by atoms with Gasteiger partial charge in [-0.05, 0) is 42.8 Å². The molecule has 170 valence electrons. The zero-order valence-corrected chi connectivity index (χ0v) is 20.1. The van der Waals surface area contributed by atoms with Crippen LogP contribution in [0.15, 0.2) is 88.0 Å². The van der Waals surface area contributed by atoms with E-state index >= 15 is 0 Å². The molecule has 34 heavy (non-hydrogen) atoms. The summed E-state index contributed by atoms with van der Waals surface area (Å²) in [6.45, 7) is 2.45. The summed E-state index contributed by atoms with van der Waals surface area (Å²) in [7, 11) is 0. The predicted molar refractivity (Wildman–Crippen MR) is 134 cm³/mol. The first kappa shape index (κ1) is 22.1. The van der Waals surface area contributed by atoms with Crippen molar-refractivity contribution < 1.29 is 14.0 Å². The van der Waals surface area contributed by atoms with Crippen LogP contribution in [-0.2, 0) is 11.2 Å². The number of carbonyl (C=O) groups is 1. The Balaban J connectivity index is 1.47. The monoisotopic (exact) mass is 515 g/mol. The first-order valence-electron chi connectivity index (χ1n) is 11.0. The third kappa shape index (κ3) is 4.26. The summed E-state index contributed by atoms with van der Waals surface area (Å²) in [5.74, 6) is 0.185. The molecule has 0 amide bonds. The third-order valence-electron chi connectivity index (χ3n) is 5.79. The molecule has 3 aromatic heterocycles. The molecule has 3 heterocycles. The van der Waals surface area contributed by atoms with Gasteiger partial charge in [0.05, 0.1) is 17.4 Å². The number of carbonyl (C=O) groups excluding carboxylic acids is 1. The molecule has 0 spiro atoms. The van der Waals surface area contributed by atoms with Crippen molar-refractivity contribution in [1.82, 2.24) is 14.7 Å². The molecule has 6 nitrogen and oxygen atoms in total. The maximum absolute atomic E-state index is 12.3. The second kappa shape index (κ2) is 9.65. The summed E-state index contributed by atoms with van der Waals surface area (Å²) in [6, 6.07) is 21.6. The molecule has 1 atom stereocenters. The van der Waals surface area contributed by atoms with Crippen LogP contribution in [0.3, 0.4) is 0 Å². The first-order valence-corrected chi connectivity index (χ1v) is 11.7. The Morgan fingerprint density at radius 2 is 1.85 bits per heavy atom. The van der Waals surface area contributed by atoms with Crippen molar-refractivity contribution in [3.8, 4) is 11.5 Å². The molecule has 0 aliphatic carbocycles. The van der Waals surface area contributed by atoms with Crippen LogP contribution in [0.2, 0.25) is 0 Å². The van der Waals surface area contributed by atoms with E-state index in [4.69, 9.17) is 9.25 Å². The highest BCUT2D eigenvalue weighted by atomic mass is 79.9. The van der Waals surface area contributed by atoms with Crippen LogP contribution >= 0.6 is 15.9 Å². The molecule has 7 heteroatoms. The van der Waals surface area contributed by atoms with E-state index in [2.05, 4.69) is 38.0 Å². The van der Waals surface area contributed by atoms with Crippen molar-refractivity contribution >= 4 is 33.1 Å². The fraction of sp³-hybridized carbons (Fsp3) is 0.148. The van der Waals surface area contributed by atoms with Crippen molar-refractivity contribution in [2.75, 3.05) is 6.61 Å². The van der Waals surface area contributed by atoms with Crippen molar-refractivity contribution in [1.29, 1.82) is 0 Å². The highest BCUT2D eigenvalue weighted by Gasteiger charge is 2.27. The van der Waals surface area contributed by atoms with Gasteiger partial charge in [0.15, 0.2) is 5.76 Å². The molecule has 1 unspecified atom stereocenters. The van der Waals surface area contributed by atoms with Crippen LogP contribution in [0.1, 0.15) is 28.6 Å². The fourth-order valence-electron chi connectivity index (χ4n) is 4.14. The summed E-state index contributed by atoms with van der Waals surface area (Å²) in [5, 5.41) is 0.929. The van der Waals surface area contributed by atoms with E-state index in [0.717, 1.165) is 39.3 Å². The van der Waals surface area contributed by atoms with Crippen LogP contribution in [0.4, 0.5) is 0 Å². The summed E-state index contributed by atoms with van der Waals surface area (Å²) >= 11 is 3.46. The Morgan fingerprint density at radius 1 is 1.06 bits per heavy atom. The van der Waals surface area contributed by atoms with E-state index in [1.807, 2.05) is 66.3 Å². The van der Waals surface area contributed by atoms with Crippen LogP contribution in [-0.4, -0.2) is 27.6 Å². The van der Waals surface area contributed by atoms with Gasteiger partial charge < -0.3 is 14.0 Å². The molecule has 0 aliphatic heterocycles. The highest BCUT2D eigenvalue weighted by molar-refractivity contribution is 9.10. The summed E-state index contributed by atoms with van der Waals surface area (Å²) in [6.07, 6.45) is 4.93. The van der Waals surface area contributed by atoms with E-state index in [0.29, 0.717) is 24.0 Å². The Bertz CT molecular complexity index is 1430. The summed E-state index contributed by atoms with van der Waals surface area (Å²) in [5.41, 5.74) is 4.41. The van der Waals surface area contributed by atoms with E-state index < -0.39 is 5.92 Å². The molecule has 0 saturated heterocycles. The summed E-state index contributed by atoms with van der Waals surface area (Å²) in [4.78, 5) is 27.2. The highest BCUT2D eigenvalue weighted by Crippen LogP contribution is 2.35. The smallest absolute Gasteiger partial charge is 0.209 e. The Kier molecular flexibility index (Phi) is 6.27. The van der Waals surface area contributed by atoms with Gasteiger partial charge in [-0.2, -0.15) is 4.73 Å². The van der Waals surface area contributed by atoms with Crippen molar-refractivity contribution in [2.45, 2.75) is 19.3 Å². The van der Waals surface area contributed by atoms with Crippen LogP contribution in [0.5, 0.6) is 0 Å². The largest absolute Gasteiger partial charge is 0.438 e. The topological polar surface area (TPSA) is 70.2 Å². The number of aromatic nitrogens is 3.